The van der Waals surface area contributed by atoms with Gasteiger partial charge in [-0.25, -0.2) is 16.8 Å². The van der Waals surface area contributed by atoms with Crippen LogP contribution in [0.5, 0.6) is 0 Å². The van der Waals surface area contributed by atoms with Crippen molar-refractivity contribution in [3.63, 3.8) is 0 Å². The van der Waals surface area contributed by atoms with E-state index in [1.165, 1.54) is 24.3 Å². The van der Waals surface area contributed by atoms with Crippen LogP contribution in [0.1, 0.15) is 43.9 Å². The third-order valence-corrected chi connectivity index (χ3v) is 8.57. The maximum Gasteiger partial charge on any atom is 0.264 e. The fraction of sp³-hybridized carbons (Fsp3) is 0.269. The fourth-order valence-electron chi connectivity index (χ4n) is 3.56. The van der Waals surface area contributed by atoms with E-state index in [0.717, 1.165) is 16.1 Å². The zero-order valence-corrected chi connectivity index (χ0v) is 21.8. The molecule has 0 fully saturated rings. The van der Waals surface area contributed by atoms with E-state index >= 15 is 0 Å². The molecule has 3 aromatic carbocycles. The van der Waals surface area contributed by atoms with Crippen molar-refractivity contribution >= 4 is 31.5 Å². The molecule has 9 heteroatoms. The molecule has 1 N–H and O–H groups in total. The Bertz CT molecular complexity index is 1370. The van der Waals surface area contributed by atoms with Crippen molar-refractivity contribution in [2.24, 2.45) is 0 Å². The van der Waals surface area contributed by atoms with Crippen molar-refractivity contribution in [1.29, 1.82) is 0 Å². The summed E-state index contributed by atoms with van der Waals surface area (Å²) in [5, 5.41) is 2.81. The lowest BCUT2D eigenvalue weighted by molar-refractivity contribution is -0.120. The molecule has 0 aliphatic rings. The largest absolute Gasteiger partial charge is 0.348 e. The Morgan fingerprint density at radius 3 is 1.83 bits per heavy atom. The standard InChI is InChI=1S/C26H30N2O5S2/c1-19(2)21-10-14-23(15-11-21)28(35(32,33)25-8-6-5-7-9-25)18-26(29)27-20(3)22-12-16-24(17-13-22)34(4,30)31/h5-17,19-20H,18H2,1-4H3,(H,27,29)/t20-/m0/s1. The highest BCUT2D eigenvalue weighted by atomic mass is 32.2. The number of hydrogen-bond acceptors (Lipinski definition) is 5. The Labute approximate surface area is 207 Å². The fourth-order valence-corrected chi connectivity index (χ4v) is 5.64. The predicted molar refractivity (Wildman–Crippen MR) is 138 cm³/mol. The van der Waals surface area contributed by atoms with Crippen LogP contribution in [0.25, 0.3) is 0 Å². The van der Waals surface area contributed by atoms with Crippen molar-refractivity contribution in [1.82, 2.24) is 5.32 Å². The summed E-state index contributed by atoms with van der Waals surface area (Å²) in [5.74, 6) is -0.210. The van der Waals surface area contributed by atoms with E-state index in [1.807, 2.05) is 26.0 Å². The van der Waals surface area contributed by atoms with Crippen molar-refractivity contribution in [3.05, 3.63) is 90.0 Å². The zero-order chi connectivity index (χ0) is 25.8. The lowest BCUT2D eigenvalue weighted by Crippen LogP contribution is -2.41. The molecule has 1 amide bonds. The monoisotopic (exact) mass is 514 g/mol. The van der Waals surface area contributed by atoms with Gasteiger partial charge in [0.25, 0.3) is 10.0 Å². The van der Waals surface area contributed by atoms with Gasteiger partial charge in [0.2, 0.25) is 5.91 Å². The van der Waals surface area contributed by atoms with Gasteiger partial charge in [0, 0.05) is 6.26 Å². The lowest BCUT2D eigenvalue weighted by Gasteiger charge is -2.25. The SMILES string of the molecule is CC(C)c1ccc(N(CC(=O)N[C@@H](C)c2ccc(S(C)(=O)=O)cc2)S(=O)(=O)c2ccccc2)cc1. The van der Waals surface area contributed by atoms with E-state index in [0.29, 0.717) is 11.3 Å². The van der Waals surface area contributed by atoms with E-state index in [-0.39, 0.29) is 15.7 Å². The van der Waals surface area contributed by atoms with E-state index in [1.54, 1.807) is 49.4 Å². The van der Waals surface area contributed by atoms with Crippen molar-refractivity contribution in [3.8, 4) is 0 Å². The molecule has 0 bridgehead atoms. The number of nitrogens with one attached hydrogen (secondary N) is 1. The van der Waals surface area contributed by atoms with Crippen LogP contribution < -0.4 is 9.62 Å². The average molecular weight is 515 g/mol. The molecular weight excluding hydrogens is 484 g/mol. The Kier molecular flexibility index (Phi) is 8.02. The number of amides is 1. The molecule has 0 radical (unpaired) electrons. The first-order valence-corrected chi connectivity index (χ1v) is 14.5. The van der Waals surface area contributed by atoms with Crippen LogP contribution in [0.2, 0.25) is 0 Å². The summed E-state index contributed by atoms with van der Waals surface area (Å²) in [6, 6.07) is 20.9. The Morgan fingerprint density at radius 2 is 1.31 bits per heavy atom. The molecule has 0 aliphatic heterocycles. The van der Waals surface area contributed by atoms with Crippen LogP contribution in [0.3, 0.4) is 0 Å². The number of hydrogen-bond donors (Lipinski definition) is 1. The molecule has 3 rings (SSSR count). The highest BCUT2D eigenvalue weighted by Gasteiger charge is 2.27. The van der Waals surface area contributed by atoms with Gasteiger partial charge in [-0.3, -0.25) is 9.10 Å². The van der Waals surface area contributed by atoms with Gasteiger partial charge in [-0.05, 0) is 60.4 Å². The van der Waals surface area contributed by atoms with Gasteiger partial charge < -0.3 is 5.32 Å². The van der Waals surface area contributed by atoms with Gasteiger partial charge in [0.15, 0.2) is 9.84 Å². The molecule has 0 unspecified atom stereocenters. The summed E-state index contributed by atoms with van der Waals surface area (Å²) in [6.45, 7) is 5.43. The summed E-state index contributed by atoms with van der Waals surface area (Å²) in [5.41, 5.74) is 2.14. The number of sulfone groups is 1. The molecular formula is C26H30N2O5S2. The van der Waals surface area contributed by atoms with Gasteiger partial charge in [-0.15, -0.1) is 0 Å². The molecule has 1 atom stereocenters. The van der Waals surface area contributed by atoms with Gasteiger partial charge >= 0.3 is 0 Å². The topological polar surface area (TPSA) is 101 Å². The minimum Gasteiger partial charge on any atom is -0.348 e. The van der Waals surface area contributed by atoms with Gasteiger partial charge in [0.05, 0.1) is 21.5 Å². The molecule has 186 valence electrons. The Hall–Kier alpha value is -3.17. The normalized spacial score (nSPS) is 12.8. The first kappa shape index (κ1) is 26.4. The maximum absolute atomic E-state index is 13.5. The lowest BCUT2D eigenvalue weighted by atomic mass is 10.0. The van der Waals surface area contributed by atoms with E-state index in [2.05, 4.69) is 5.32 Å². The maximum atomic E-state index is 13.5. The second kappa shape index (κ2) is 10.6. The number of carbonyl (C=O) groups excluding carboxylic acids is 1. The van der Waals surface area contributed by atoms with E-state index in [4.69, 9.17) is 0 Å². The molecule has 7 nitrogen and oxygen atoms in total. The van der Waals surface area contributed by atoms with Gasteiger partial charge in [-0.2, -0.15) is 0 Å². The van der Waals surface area contributed by atoms with E-state index in [9.17, 15) is 21.6 Å². The van der Waals surface area contributed by atoms with Crippen LogP contribution in [0.15, 0.2) is 88.7 Å². The second-order valence-electron chi connectivity index (χ2n) is 8.70. The highest BCUT2D eigenvalue weighted by molar-refractivity contribution is 7.93. The zero-order valence-electron chi connectivity index (χ0n) is 20.2. The van der Waals surface area contributed by atoms with Crippen molar-refractivity contribution in [2.45, 2.75) is 42.5 Å². The van der Waals surface area contributed by atoms with Crippen LogP contribution in [-0.4, -0.2) is 35.5 Å². The third kappa shape index (κ3) is 6.49. The number of rotatable bonds is 9. The summed E-state index contributed by atoms with van der Waals surface area (Å²) >= 11 is 0. The second-order valence-corrected chi connectivity index (χ2v) is 12.6. The van der Waals surface area contributed by atoms with Crippen molar-refractivity contribution < 1.29 is 21.6 Å². The Balaban J connectivity index is 1.86. The van der Waals surface area contributed by atoms with Crippen LogP contribution in [-0.2, 0) is 24.7 Å². The van der Waals surface area contributed by atoms with Crippen molar-refractivity contribution in [2.75, 3.05) is 17.1 Å². The number of benzene rings is 3. The first-order valence-electron chi connectivity index (χ1n) is 11.2. The molecule has 0 aromatic heterocycles. The molecule has 3 aromatic rings. The van der Waals surface area contributed by atoms with E-state index < -0.39 is 38.4 Å². The van der Waals surface area contributed by atoms with Gasteiger partial charge in [-0.1, -0.05) is 56.3 Å². The van der Waals surface area contributed by atoms with Crippen LogP contribution >= 0.6 is 0 Å². The molecule has 35 heavy (non-hydrogen) atoms. The number of carbonyl (C=O) groups is 1. The molecule has 0 spiro atoms. The third-order valence-electron chi connectivity index (χ3n) is 5.65. The van der Waals surface area contributed by atoms with Crippen LogP contribution in [0, 0.1) is 0 Å². The minimum atomic E-state index is -4.00. The van der Waals surface area contributed by atoms with Crippen LogP contribution in [0.4, 0.5) is 5.69 Å². The highest BCUT2D eigenvalue weighted by Crippen LogP contribution is 2.26. The molecule has 0 heterocycles. The minimum absolute atomic E-state index is 0.0881. The summed E-state index contributed by atoms with van der Waals surface area (Å²) in [6.07, 6.45) is 1.13. The average Bonchev–Trinajstić information content (AvgIpc) is 2.82. The number of nitrogens with zero attached hydrogens (tertiary/aromatic N) is 1. The molecule has 0 aliphatic carbocycles. The smallest absolute Gasteiger partial charge is 0.264 e. The Morgan fingerprint density at radius 1 is 0.771 bits per heavy atom. The number of sulfonamides is 1. The number of anilines is 1. The quantitative estimate of drug-likeness (QED) is 0.459. The molecule has 0 saturated carbocycles. The molecule has 0 saturated heterocycles. The summed E-state index contributed by atoms with van der Waals surface area (Å²) < 4.78 is 51.4. The summed E-state index contributed by atoms with van der Waals surface area (Å²) in [4.78, 5) is 13.2. The predicted octanol–water partition coefficient (Wildman–Crippen LogP) is 4.29. The first-order chi connectivity index (χ1) is 16.4. The van der Waals surface area contributed by atoms with Gasteiger partial charge in [0.1, 0.15) is 6.54 Å². The summed E-state index contributed by atoms with van der Waals surface area (Å²) in [7, 11) is -7.33.